The minimum atomic E-state index is -0.331. The molecule has 16 heavy (non-hydrogen) atoms. The van der Waals surface area contributed by atoms with Crippen LogP contribution in [0, 0.1) is 0 Å². The summed E-state index contributed by atoms with van der Waals surface area (Å²) in [7, 11) is 2.12. The zero-order chi connectivity index (χ0) is 11.8. The van der Waals surface area contributed by atoms with Crippen LogP contribution in [0.1, 0.15) is 45.4 Å². The molecule has 96 valence electrons. The predicted octanol–water partition coefficient (Wildman–Crippen LogP) is 2.04. The minimum Gasteiger partial charge on any atom is -0.389 e. The Morgan fingerprint density at radius 3 is 2.69 bits per heavy atom. The molecule has 0 spiro atoms. The molecule has 1 fully saturated rings. The Morgan fingerprint density at radius 2 is 2.06 bits per heavy atom. The fourth-order valence-electron chi connectivity index (χ4n) is 2.35. The summed E-state index contributed by atoms with van der Waals surface area (Å²) >= 11 is 0. The number of hydrogen-bond acceptors (Lipinski definition) is 3. The second kappa shape index (κ2) is 8.04. The lowest BCUT2D eigenvalue weighted by atomic mass is 10.2. The highest BCUT2D eigenvalue weighted by Crippen LogP contribution is 2.22. The molecule has 0 amide bonds. The quantitative estimate of drug-likeness (QED) is 0.647. The van der Waals surface area contributed by atoms with Gasteiger partial charge in [-0.25, -0.2) is 0 Å². The maximum Gasteiger partial charge on any atom is 0.0900 e. The fourth-order valence-corrected chi connectivity index (χ4v) is 2.35. The summed E-state index contributed by atoms with van der Waals surface area (Å²) in [5.74, 6) is 0. The van der Waals surface area contributed by atoms with Crippen molar-refractivity contribution in [2.24, 2.45) is 0 Å². The van der Waals surface area contributed by atoms with Crippen LogP contribution in [0.5, 0.6) is 0 Å². The van der Waals surface area contributed by atoms with Gasteiger partial charge in [-0.2, -0.15) is 0 Å². The van der Waals surface area contributed by atoms with Crippen molar-refractivity contribution in [3.8, 4) is 0 Å². The van der Waals surface area contributed by atoms with Gasteiger partial charge in [0.2, 0.25) is 0 Å². The van der Waals surface area contributed by atoms with Gasteiger partial charge in [0.05, 0.1) is 12.7 Å². The molecule has 1 unspecified atom stereocenters. The highest BCUT2D eigenvalue weighted by atomic mass is 16.5. The van der Waals surface area contributed by atoms with E-state index in [1.54, 1.807) is 0 Å². The van der Waals surface area contributed by atoms with E-state index in [1.807, 2.05) is 0 Å². The molecule has 0 aromatic rings. The first-order valence-corrected chi connectivity index (χ1v) is 6.70. The monoisotopic (exact) mass is 229 g/mol. The Bertz CT molecular complexity index is 169. The van der Waals surface area contributed by atoms with E-state index in [0.717, 1.165) is 26.0 Å². The van der Waals surface area contributed by atoms with Crippen LogP contribution in [0.2, 0.25) is 0 Å². The van der Waals surface area contributed by atoms with Gasteiger partial charge in [-0.05, 0) is 26.3 Å². The molecule has 0 heterocycles. The summed E-state index contributed by atoms with van der Waals surface area (Å²) in [6, 6.07) is 0.685. The first-order chi connectivity index (χ1) is 7.74. The molecule has 0 aromatic carbocycles. The van der Waals surface area contributed by atoms with Crippen molar-refractivity contribution in [2.75, 3.05) is 26.8 Å². The first kappa shape index (κ1) is 13.9. The largest absolute Gasteiger partial charge is 0.389 e. The summed E-state index contributed by atoms with van der Waals surface area (Å²) in [5, 5.41) is 9.81. The van der Waals surface area contributed by atoms with Crippen molar-refractivity contribution in [2.45, 2.75) is 57.6 Å². The van der Waals surface area contributed by atoms with Gasteiger partial charge in [0.1, 0.15) is 0 Å². The molecule has 1 atom stereocenters. The molecule has 1 rings (SSSR count). The standard InChI is InChI=1S/C13H27NO2/c1-3-4-9-16-11-13(15)10-14(2)12-7-5-6-8-12/h12-13,15H,3-11H2,1-2H3. The highest BCUT2D eigenvalue weighted by molar-refractivity contribution is 4.76. The van der Waals surface area contributed by atoms with E-state index in [-0.39, 0.29) is 6.10 Å². The van der Waals surface area contributed by atoms with Gasteiger partial charge in [-0.1, -0.05) is 26.2 Å². The Morgan fingerprint density at radius 1 is 1.38 bits per heavy atom. The lowest BCUT2D eigenvalue weighted by Crippen LogP contribution is -2.37. The number of nitrogens with zero attached hydrogens (tertiary/aromatic N) is 1. The molecule has 1 aliphatic rings. The predicted molar refractivity (Wildman–Crippen MR) is 66.6 cm³/mol. The van der Waals surface area contributed by atoms with Crippen LogP contribution in [0.25, 0.3) is 0 Å². The number of aliphatic hydroxyl groups is 1. The van der Waals surface area contributed by atoms with Crippen LogP contribution >= 0.6 is 0 Å². The molecule has 0 aliphatic heterocycles. The van der Waals surface area contributed by atoms with Crippen LogP contribution in [-0.2, 0) is 4.74 Å². The van der Waals surface area contributed by atoms with Gasteiger partial charge in [0, 0.05) is 19.2 Å². The van der Waals surface area contributed by atoms with Crippen LogP contribution in [0.4, 0.5) is 0 Å². The van der Waals surface area contributed by atoms with Crippen LogP contribution < -0.4 is 0 Å². The second-order valence-electron chi connectivity index (χ2n) is 4.96. The van der Waals surface area contributed by atoms with Crippen molar-refractivity contribution < 1.29 is 9.84 Å². The van der Waals surface area contributed by atoms with Crippen LogP contribution in [0.15, 0.2) is 0 Å². The Kier molecular flexibility index (Phi) is 7.01. The average molecular weight is 229 g/mol. The number of hydrogen-bond donors (Lipinski definition) is 1. The van der Waals surface area contributed by atoms with Crippen LogP contribution in [0.3, 0.4) is 0 Å². The lowest BCUT2D eigenvalue weighted by molar-refractivity contribution is 0.0137. The zero-order valence-electron chi connectivity index (χ0n) is 10.8. The van der Waals surface area contributed by atoms with E-state index in [2.05, 4.69) is 18.9 Å². The summed E-state index contributed by atoms with van der Waals surface area (Å²) in [6.07, 6.45) is 7.18. The molecule has 0 radical (unpaired) electrons. The topological polar surface area (TPSA) is 32.7 Å². The Hall–Kier alpha value is -0.120. The van der Waals surface area contributed by atoms with Crippen molar-refractivity contribution >= 4 is 0 Å². The summed E-state index contributed by atoms with van der Waals surface area (Å²) in [4.78, 5) is 2.29. The van der Waals surface area contributed by atoms with Gasteiger partial charge in [0.15, 0.2) is 0 Å². The average Bonchev–Trinajstić information content (AvgIpc) is 2.77. The van der Waals surface area contributed by atoms with E-state index in [1.165, 1.54) is 25.7 Å². The number of ether oxygens (including phenoxy) is 1. The highest BCUT2D eigenvalue weighted by Gasteiger charge is 2.21. The molecular formula is C13H27NO2. The molecule has 1 N–H and O–H groups in total. The van der Waals surface area contributed by atoms with E-state index < -0.39 is 0 Å². The fraction of sp³-hybridized carbons (Fsp3) is 1.00. The number of rotatable bonds is 8. The van der Waals surface area contributed by atoms with Gasteiger partial charge in [-0.15, -0.1) is 0 Å². The Labute approximate surface area is 99.8 Å². The van der Waals surface area contributed by atoms with Crippen molar-refractivity contribution in [3.05, 3.63) is 0 Å². The maximum atomic E-state index is 9.81. The van der Waals surface area contributed by atoms with Gasteiger partial charge in [0.25, 0.3) is 0 Å². The lowest BCUT2D eigenvalue weighted by Gasteiger charge is -2.26. The van der Waals surface area contributed by atoms with Crippen molar-refractivity contribution in [3.63, 3.8) is 0 Å². The van der Waals surface area contributed by atoms with Gasteiger partial charge < -0.3 is 14.7 Å². The van der Waals surface area contributed by atoms with E-state index in [9.17, 15) is 5.11 Å². The summed E-state index contributed by atoms with van der Waals surface area (Å²) < 4.78 is 5.42. The molecule has 0 bridgehead atoms. The van der Waals surface area contributed by atoms with E-state index >= 15 is 0 Å². The molecule has 1 aliphatic carbocycles. The second-order valence-corrected chi connectivity index (χ2v) is 4.96. The van der Waals surface area contributed by atoms with Crippen molar-refractivity contribution in [1.82, 2.24) is 4.90 Å². The number of likely N-dealkylation sites (N-methyl/N-ethyl adjacent to an activating group) is 1. The maximum absolute atomic E-state index is 9.81. The Balaban J connectivity index is 2.05. The molecule has 3 nitrogen and oxygen atoms in total. The van der Waals surface area contributed by atoms with Gasteiger partial charge >= 0.3 is 0 Å². The molecule has 3 heteroatoms. The third-order valence-electron chi connectivity index (χ3n) is 3.40. The van der Waals surface area contributed by atoms with Crippen molar-refractivity contribution in [1.29, 1.82) is 0 Å². The third kappa shape index (κ3) is 5.28. The third-order valence-corrected chi connectivity index (χ3v) is 3.40. The summed E-state index contributed by atoms with van der Waals surface area (Å²) in [6.45, 7) is 4.15. The normalized spacial score (nSPS) is 19.5. The van der Waals surface area contributed by atoms with Gasteiger partial charge in [-0.3, -0.25) is 0 Å². The molecule has 1 saturated carbocycles. The minimum absolute atomic E-state index is 0.331. The SMILES string of the molecule is CCCCOCC(O)CN(C)C1CCCC1. The van der Waals surface area contributed by atoms with Crippen LogP contribution in [-0.4, -0.2) is 49.0 Å². The first-order valence-electron chi connectivity index (χ1n) is 6.70. The molecule has 0 aromatic heterocycles. The zero-order valence-corrected chi connectivity index (χ0v) is 10.8. The smallest absolute Gasteiger partial charge is 0.0900 e. The molecule has 0 saturated heterocycles. The summed E-state index contributed by atoms with van der Waals surface area (Å²) in [5.41, 5.74) is 0. The van der Waals surface area contributed by atoms with E-state index in [4.69, 9.17) is 4.74 Å². The van der Waals surface area contributed by atoms with E-state index in [0.29, 0.717) is 12.6 Å². The number of aliphatic hydroxyl groups excluding tert-OH is 1. The molecular weight excluding hydrogens is 202 g/mol. The number of unbranched alkanes of at least 4 members (excludes halogenated alkanes) is 1.